The van der Waals surface area contributed by atoms with E-state index in [0.29, 0.717) is 40.0 Å². The monoisotopic (exact) mass is 398 g/mol. The molecule has 2 N–H and O–H groups in total. The number of rotatable bonds is 6. The number of nitrogens with one attached hydrogen (secondary N) is 2. The zero-order valence-electron chi connectivity index (χ0n) is 15.3. The van der Waals surface area contributed by atoms with Crippen LogP contribution in [-0.2, 0) is 9.53 Å². The lowest BCUT2D eigenvalue weighted by Crippen LogP contribution is -2.32. The summed E-state index contributed by atoms with van der Waals surface area (Å²) in [5, 5.41) is 5.89. The Morgan fingerprint density at radius 2 is 2.12 bits per heavy atom. The first kappa shape index (κ1) is 20.5. The van der Waals surface area contributed by atoms with Crippen LogP contribution in [-0.4, -0.2) is 37.3 Å². The maximum absolute atomic E-state index is 12.5. The molecule has 1 aromatic rings. The lowest BCUT2D eigenvalue weighted by atomic mass is 10.1. The first-order chi connectivity index (χ1) is 12.4. The van der Waals surface area contributed by atoms with Crippen LogP contribution in [0.1, 0.15) is 37.6 Å². The molecule has 2 amide bonds. The van der Waals surface area contributed by atoms with Crippen LogP contribution in [0.2, 0.25) is 5.02 Å². The average molecular weight is 399 g/mol. The van der Waals surface area contributed by atoms with Gasteiger partial charge in [-0.15, -0.1) is 11.8 Å². The molecule has 0 aliphatic carbocycles. The van der Waals surface area contributed by atoms with Crippen LogP contribution < -0.4 is 15.4 Å². The Labute approximate surface area is 162 Å². The summed E-state index contributed by atoms with van der Waals surface area (Å²) in [6.45, 7) is 6.24. The highest BCUT2D eigenvalue weighted by Gasteiger charge is 2.22. The van der Waals surface area contributed by atoms with E-state index in [-0.39, 0.29) is 22.9 Å². The minimum atomic E-state index is -0.298. The molecule has 2 rings (SSSR count). The van der Waals surface area contributed by atoms with Gasteiger partial charge >= 0.3 is 0 Å². The Morgan fingerprint density at radius 3 is 2.73 bits per heavy atom. The van der Waals surface area contributed by atoms with Crippen LogP contribution in [0.15, 0.2) is 22.8 Å². The third-order valence-corrected chi connectivity index (χ3v) is 5.39. The van der Waals surface area contributed by atoms with Crippen molar-refractivity contribution in [1.29, 1.82) is 0 Å². The molecule has 0 spiro atoms. The Balaban J connectivity index is 2.25. The topological polar surface area (TPSA) is 76.7 Å². The first-order valence-corrected chi connectivity index (χ1v) is 9.69. The van der Waals surface area contributed by atoms with E-state index in [4.69, 9.17) is 21.1 Å². The van der Waals surface area contributed by atoms with Crippen molar-refractivity contribution >= 4 is 40.9 Å². The second-order valence-electron chi connectivity index (χ2n) is 5.85. The van der Waals surface area contributed by atoms with Gasteiger partial charge in [0.1, 0.15) is 16.4 Å². The van der Waals surface area contributed by atoms with Crippen LogP contribution in [0, 0.1) is 0 Å². The van der Waals surface area contributed by atoms with Gasteiger partial charge in [-0.2, -0.15) is 0 Å². The zero-order valence-corrected chi connectivity index (χ0v) is 16.8. The van der Waals surface area contributed by atoms with Gasteiger partial charge < -0.3 is 20.1 Å². The molecule has 0 fully saturated rings. The summed E-state index contributed by atoms with van der Waals surface area (Å²) in [5.41, 5.74) is 0.696. The van der Waals surface area contributed by atoms with E-state index < -0.39 is 0 Å². The number of carbonyl (C=O) groups is 2. The van der Waals surface area contributed by atoms with Crippen LogP contribution >= 0.6 is 23.4 Å². The lowest BCUT2D eigenvalue weighted by molar-refractivity contribution is -0.112. The molecule has 0 saturated heterocycles. The van der Waals surface area contributed by atoms with Crippen molar-refractivity contribution in [3.8, 4) is 5.75 Å². The van der Waals surface area contributed by atoms with E-state index in [1.54, 1.807) is 13.0 Å². The molecule has 1 atom stereocenters. The highest BCUT2D eigenvalue weighted by Crippen LogP contribution is 2.33. The van der Waals surface area contributed by atoms with Gasteiger partial charge in [0.05, 0.1) is 30.0 Å². The summed E-state index contributed by atoms with van der Waals surface area (Å²) in [4.78, 5) is 25.4. The molecule has 1 aromatic carbocycles. The van der Waals surface area contributed by atoms with Crippen LogP contribution in [0.25, 0.3) is 0 Å². The van der Waals surface area contributed by atoms with E-state index in [0.717, 1.165) is 6.42 Å². The van der Waals surface area contributed by atoms with E-state index in [2.05, 4.69) is 10.6 Å². The molecular weight excluding hydrogens is 376 g/mol. The molecule has 0 saturated carbocycles. The fraction of sp³-hybridized carbons (Fsp3) is 0.444. The third-order valence-electron chi connectivity index (χ3n) is 3.95. The number of ether oxygens (including phenoxy) is 2. The summed E-state index contributed by atoms with van der Waals surface area (Å²) in [7, 11) is 1.46. The lowest BCUT2D eigenvalue weighted by Gasteiger charge is -2.19. The van der Waals surface area contributed by atoms with Crippen LogP contribution in [0.4, 0.5) is 5.69 Å². The van der Waals surface area contributed by atoms with E-state index in [1.807, 2.05) is 13.8 Å². The van der Waals surface area contributed by atoms with Gasteiger partial charge in [-0.05, 0) is 26.3 Å². The number of halogens is 1. The smallest absolute Gasteiger partial charge is 0.265 e. The highest BCUT2D eigenvalue weighted by atomic mass is 35.5. The van der Waals surface area contributed by atoms with Gasteiger partial charge in [-0.1, -0.05) is 18.5 Å². The fourth-order valence-corrected chi connectivity index (χ4v) is 3.34. The molecule has 6 nitrogen and oxygen atoms in total. The molecule has 0 unspecified atom stereocenters. The molecule has 8 heteroatoms. The first-order valence-electron chi connectivity index (χ1n) is 8.33. The predicted octanol–water partition coefficient (Wildman–Crippen LogP) is 3.81. The molecule has 0 bridgehead atoms. The van der Waals surface area contributed by atoms with Crippen molar-refractivity contribution in [2.75, 3.05) is 24.8 Å². The quantitative estimate of drug-likeness (QED) is 0.761. The number of anilines is 1. The van der Waals surface area contributed by atoms with Crippen LogP contribution in [0.5, 0.6) is 5.75 Å². The highest BCUT2D eigenvalue weighted by molar-refractivity contribution is 8.04. The summed E-state index contributed by atoms with van der Waals surface area (Å²) in [5.74, 6) is 1.07. The number of carbonyl (C=O) groups excluding carboxylic acids is 2. The maximum Gasteiger partial charge on any atom is 0.265 e. The predicted molar refractivity (Wildman–Crippen MR) is 105 cm³/mol. The van der Waals surface area contributed by atoms with E-state index in [9.17, 15) is 9.59 Å². The Morgan fingerprint density at radius 1 is 1.38 bits per heavy atom. The van der Waals surface area contributed by atoms with Gasteiger partial charge in [0.15, 0.2) is 0 Å². The van der Waals surface area contributed by atoms with Gasteiger partial charge in [0.2, 0.25) is 0 Å². The van der Waals surface area contributed by atoms with Crippen LogP contribution in [0.3, 0.4) is 0 Å². The summed E-state index contributed by atoms with van der Waals surface area (Å²) in [6.07, 6.45) is 0.810. The van der Waals surface area contributed by atoms with Crippen molar-refractivity contribution in [1.82, 2.24) is 5.32 Å². The summed E-state index contributed by atoms with van der Waals surface area (Å²) >= 11 is 7.72. The SMILES string of the molecule is CC[C@@H](C)NC(=O)c1cc(Cl)c(NC(=O)C2=C(C)OCCS2)cc1OC. The molecule has 1 aliphatic heterocycles. The zero-order chi connectivity index (χ0) is 19.3. The number of benzene rings is 1. The Hall–Kier alpha value is -1.86. The molecule has 26 heavy (non-hydrogen) atoms. The minimum Gasteiger partial charge on any atom is -0.496 e. The third kappa shape index (κ3) is 4.86. The molecule has 1 heterocycles. The van der Waals surface area contributed by atoms with Crippen molar-refractivity contribution in [3.05, 3.63) is 33.4 Å². The van der Waals surface area contributed by atoms with Crippen molar-refractivity contribution in [2.45, 2.75) is 33.2 Å². The van der Waals surface area contributed by atoms with Gasteiger partial charge in [-0.3, -0.25) is 9.59 Å². The number of allylic oxidation sites excluding steroid dienone is 1. The molecule has 142 valence electrons. The number of amides is 2. The van der Waals surface area contributed by atoms with E-state index >= 15 is 0 Å². The number of methoxy groups -OCH3 is 1. The van der Waals surface area contributed by atoms with Gasteiger partial charge in [0, 0.05) is 17.9 Å². The Bertz CT molecular complexity index is 736. The fourth-order valence-electron chi connectivity index (χ4n) is 2.31. The number of hydrogen-bond acceptors (Lipinski definition) is 5. The number of thioether (sulfide) groups is 1. The van der Waals surface area contributed by atoms with Gasteiger partial charge in [-0.25, -0.2) is 0 Å². The average Bonchev–Trinajstić information content (AvgIpc) is 2.63. The number of hydrogen-bond donors (Lipinski definition) is 2. The normalized spacial score (nSPS) is 15.1. The maximum atomic E-state index is 12.5. The molecular formula is C18H23ClN2O4S. The van der Waals surface area contributed by atoms with E-state index in [1.165, 1.54) is 24.9 Å². The second-order valence-corrected chi connectivity index (χ2v) is 7.36. The standard InChI is InChI=1S/C18H23ClN2O4S/c1-5-10(2)20-17(22)12-8-13(19)14(9-15(12)24-4)21-18(23)16-11(3)25-6-7-26-16/h8-10H,5-7H2,1-4H3,(H,20,22)(H,21,23)/t10-/m1/s1. The summed E-state index contributed by atoms with van der Waals surface area (Å²) in [6, 6.07) is 3.08. The Kier molecular flexibility index (Phi) is 7.23. The second kappa shape index (κ2) is 9.19. The molecule has 0 radical (unpaired) electrons. The van der Waals surface area contributed by atoms with Crippen molar-refractivity contribution in [3.63, 3.8) is 0 Å². The minimum absolute atomic E-state index is 0.0311. The van der Waals surface area contributed by atoms with Gasteiger partial charge in [0.25, 0.3) is 11.8 Å². The largest absolute Gasteiger partial charge is 0.496 e. The summed E-state index contributed by atoms with van der Waals surface area (Å²) < 4.78 is 10.7. The molecule has 1 aliphatic rings. The molecule has 0 aromatic heterocycles. The van der Waals surface area contributed by atoms with Crippen molar-refractivity contribution < 1.29 is 19.1 Å². The van der Waals surface area contributed by atoms with Crippen molar-refractivity contribution in [2.24, 2.45) is 0 Å².